The first-order chi connectivity index (χ1) is 11.6. The molecule has 132 valence electrons. The summed E-state index contributed by atoms with van der Waals surface area (Å²) >= 11 is 0. The summed E-state index contributed by atoms with van der Waals surface area (Å²) < 4.78 is 0. The second kappa shape index (κ2) is 6.67. The van der Waals surface area contributed by atoms with Gasteiger partial charge in [0.1, 0.15) is 29.3 Å². The molecule has 2 aromatic carbocycles. The Balaban J connectivity index is 2.84. The highest BCUT2D eigenvalue weighted by Gasteiger charge is 2.27. The fraction of sp³-hybridized carbons (Fsp3) is 0.125. The van der Waals surface area contributed by atoms with Gasteiger partial charge in [-0.05, 0) is 34.9 Å². The number of nitrogens with two attached hydrogens (primary N) is 2. The number of carboxylic acid groups (broad SMARTS) is 2. The molecule has 0 amide bonds. The zero-order chi connectivity index (χ0) is 18.9. The van der Waals surface area contributed by atoms with Crippen LogP contribution in [-0.4, -0.2) is 37.5 Å². The number of carbonyl (C=O) groups is 2. The van der Waals surface area contributed by atoms with Crippen molar-refractivity contribution in [1.82, 2.24) is 0 Å². The van der Waals surface area contributed by atoms with Gasteiger partial charge in [-0.2, -0.15) is 0 Å². The molecule has 0 heterocycles. The van der Waals surface area contributed by atoms with Crippen LogP contribution >= 0.6 is 0 Å². The van der Waals surface area contributed by atoms with Crippen LogP contribution in [0.5, 0.6) is 17.2 Å². The molecule has 0 saturated heterocycles. The Morgan fingerprint density at radius 2 is 1.36 bits per heavy atom. The third kappa shape index (κ3) is 3.47. The molecule has 2 aromatic rings. The summed E-state index contributed by atoms with van der Waals surface area (Å²) in [5, 5.41) is 47.9. The second-order valence-electron chi connectivity index (χ2n) is 5.33. The largest absolute Gasteiger partial charge is 0.508 e. The monoisotopic (exact) mass is 348 g/mol. The minimum absolute atomic E-state index is 0.0147. The maximum atomic E-state index is 11.2. The lowest BCUT2D eigenvalue weighted by molar-refractivity contribution is -0.139. The Kier molecular flexibility index (Phi) is 4.82. The van der Waals surface area contributed by atoms with Gasteiger partial charge in [0.2, 0.25) is 0 Å². The zero-order valence-corrected chi connectivity index (χ0v) is 12.7. The molecule has 9 heteroatoms. The fourth-order valence-corrected chi connectivity index (χ4v) is 2.47. The van der Waals surface area contributed by atoms with Crippen LogP contribution in [0, 0.1) is 0 Å². The van der Waals surface area contributed by atoms with Gasteiger partial charge in [0, 0.05) is 11.6 Å². The number of hydrogen-bond acceptors (Lipinski definition) is 7. The molecule has 0 aliphatic rings. The second-order valence-corrected chi connectivity index (χ2v) is 5.33. The lowest BCUT2D eigenvalue weighted by Gasteiger charge is -2.20. The van der Waals surface area contributed by atoms with Crippen molar-refractivity contribution in [2.24, 2.45) is 11.5 Å². The number of carboxylic acids is 2. The Bertz CT molecular complexity index is 851. The molecule has 0 radical (unpaired) electrons. The lowest BCUT2D eigenvalue weighted by Crippen LogP contribution is -2.23. The van der Waals surface area contributed by atoms with Crippen LogP contribution in [-0.2, 0) is 9.59 Å². The molecule has 25 heavy (non-hydrogen) atoms. The molecule has 0 saturated carbocycles. The predicted octanol–water partition coefficient (Wildman–Crippen LogP) is 0.639. The predicted molar refractivity (Wildman–Crippen MR) is 86.0 cm³/mol. The smallest absolute Gasteiger partial charge is 0.325 e. The van der Waals surface area contributed by atoms with Gasteiger partial charge in [-0.1, -0.05) is 6.07 Å². The average Bonchev–Trinajstić information content (AvgIpc) is 2.52. The maximum absolute atomic E-state index is 11.2. The van der Waals surface area contributed by atoms with E-state index in [1.54, 1.807) is 0 Å². The summed E-state index contributed by atoms with van der Waals surface area (Å²) in [5.74, 6) is -4.04. The molecule has 0 aromatic heterocycles. The molecule has 2 rings (SSSR count). The number of aromatic hydroxyl groups is 3. The molecule has 0 spiro atoms. The standard InChI is InChI=1S/C16H16N2O7/c17-13(15(22)23)8-2-1-6(19)3-9(8)12-10(14(18)16(24)25)4-7(20)5-11(12)21/h1-5,13-14,19-21H,17-18H2,(H,22,23)(H,24,25). The fourth-order valence-electron chi connectivity index (χ4n) is 2.47. The summed E-state index contributed by atoms with van der Waals surface area (Å²) in [6.07, 6.45) is 0. The van der Waals surface area contributed by atoms with Gasteiger partial charge in [-0.25, -0.2) is 0 Å². The minimum atomic E-state index is -1.62. The van der Waals surface area contributed by atoms with E-state index < -0.39 is 35.5 Å². The van der Waals surface area contributed by atoms with Gasteiger partial charge in [-0.15, -0.1) is 0 Å². The molecule has 0 fully saturated rings. The summed E-state index contributed by atoms with van der Waals surface area (Å²) in [7, 11) is 0. The summed E-state index contributed by atoms with van der Waals surface area (Å²) in [5.41, 5.74) is 10.9. The highest BCUT2D eigenvalue weighted by atomic mass is 16.4. The highest BCUT2D eigenvalue weighted by Crippen LogP contribution is 2.42. The number of phenolic OH excluding ortho intramolecular Hbond substituents is 3. The molecule has 0 bridgehead atoms. The molecular formula is C16H16N2O7. The first-order valence-corrected chi connectivity index (χ1v) is 6.99. The van der Waals surface area contributed by atoms with Crippen molar-refractivity contribution in [3.63, 3.8) is 0 Å². The van der Waals surface area contributed by atoms with Crippen molar-refractivity contribution in [2.75, 3.05) is 0 Å². The molecule has 2 unspecified atom stereocenters. The van der Waals surface area contributed by atoms with E-state index in [4.69, 9.17) is 21.7 Å². The van der Waals surface area contributed by atoms with Crippen molar-refractivity contribution in [1.29, 1.82) is 0 Å². The third-order valence-electron chi connectivity index (χ3n) is 3.64. The number of rotatable bonds is 5. The molecular weight excluding hydrogens is 332 g/mol. The van der Waals surface area contributed by atoms with E-state index in [0.717, 1.165) is 18.2 Å². The quantitative estimate of drug-likeness (QED) is 0.406. The molecule has 2 atom stereocenters. The van der Waals surface area contributed by atoms with Crippen LogP contribution in [0.3, 0.4) is 0 Å². The van der Waals surface area contributed by atoms with E-state index in [9.17, 15) is 24.9 Å². The topological polar surface area (TPSA) is 187 Å². The van der Waals surface area contributed by atoms with Gasteiger partial charge in [-0.3, -0.25) is 9.59 Å². The van der Waals surface area contributed by atoms with E-state index in [1.807, 2.05) is 0 Å². The Morgan fingerprint density at radius 3 is 1.92 bits per heavy atom. The van der Waals surface area contributed by atoms with Crippen LogP contribution in [0.15, 0.2) is 30.3 Å². The minimum Gasteiger partial charge on any atom is -0.508 e. The molecule has 9 nitrogen and oxygen atoms in total. The van der Waals surface area contributed by atoms with Crippen molar-refractivity contribution in [3.8, 4) is 28.4 Å². The number of hydrogen-bond donors (Lipinski definition) is 7. The summed E-state index contributed by atoms with van der Waals surface area (Å²) in [4.78, 5) is 22.5. The molecule has 0 aliphatic heterocycles. The number of phenols is 3. The van der Waals surface area contributed by atoms with Crippen molar-refractivity contribution in [2.45, 2.75) is 12.1 Å². The maximum Gasteiger partial charge on any atom is 0.325 e. The Morgan fingerprint density at radius 1 is 0.800 bits per heavy atom. The van der Waals surface area contributed by atoms with Gasteiger partial charge in [0.05, 0.1) is 0 Å². The number of aliphatic carboxylic acids is 2. The highest BCUT2D eigenvalue weighted by molar-refractivity contribution is 5.87. The first kappa shape index (κ1) is 18.0. The van der Waals surface area contributed by atoms with Crippen molar-refractivity contribution >= 4 is 11.9 Å². The van der Waals surface area contributed by atoms with Gasteiger partial charge < -0.3 is 37.0 Å². The van der Waals surface area contributed by atoms with Crippen LogP contribution < -0.4 is 11.5 Å². The molecule has 9 N–H and O–H groups in total. The third-order valence-corrected chi connectivity index (χ3v) is 3.64. The Labute approximate surface area is 141 Å². The lowest BCUT2D eigenvalue weighted by atomic mass is 9.88. The van der Waals surface area contributed by atoms with Crippen LogP contribution in [0.25, 0.3) is 11.1 Å². The zero-order valence-electron chi connectivity index (χ0n) is 12.7. The van der Waals surface area contributed by atoms with Crippen molar-refractivity contribution < 1.29 is 35.1 Å². The van der Waals surface area contributed by atoms with Crippen LogP contribution in [0.2, 0.25) is 0 Å². The van der Waals surface area contributed by atoms with Gasteiger partial charge in [0.25, 0.3) is 0 Å². The van der Waals surface area contributed by atoms with E-state index in [-0.39, 0.29) is 28.0 Å². The van der Waals surface area contributed by atoms with Crippen molar-refractivity contribution in [3.05, 3.63) is 41.5 Å². The van der Waals surface area contributed by atoms with Gasteiger partial charge >= 0.3 is 11.9 Å². The van der Waals surface area contributed by atoms with E-state index in [0.29, 0.717) is 0 Å². The summed E-state index contributed by atoms with van der Waals surface area (Å²) in [6, 6.07) is 2.42. The van der Waals surface area contributed by atoms with Gasteiger partial charge in [0.15, 0.2) is 0 Å². The van der Waals surface area contributed by atoms with Crippen LogP contribution in [0.1, 0.15) is 23.2 Å². The van der Waals surface area contributed by atoms with E-state index in [2.05, 4.69) is 0 Å². The molecule has 0 aliphatic carbocycles. The SMILES string of the molecule is NC(C(=O)O)c1ccc(O)cc1-c1c(O)cc(O)cc1C(N)C(=O)O. The summed E-state index contributed by atoms with van der Waals surface area (Å²) in [6.45, 7) is 0. The first-order valence-electron chi connectivity index (χ1n) is 6.99. The van der Waals surface area contributed by atoms with Crippen LogP contribution in [0.4, 0.5) is 0 Å². The van der Waals surface area contributed by atoms with E-state index in [1.165, 1.54) is 12.1 Å². The average molecular weight is 348 g/mol. The number of benzene rings is 2. The Hall–Kier alpha value is -3.30. The van der Waals surface area contributed by atoms with E-state index >= 15 is 0 Å². The normalized spacial score (nSPS) is 13.2.